The van der Waals surface area contributed by atoms with E-state index in [-0.39, 0.29) is 0 Å². The first-order valence-corrected chi connectivity index (χ1v) is 7.80. The molecule has 1 aromatic carbocycles. The highest BCUT2D eigenvalue weighted by Crippen LogP contribution is 2.44. The minimum Gasteiger partial charge on any atom is -0.496 e. The van der Waals surface area contributed by atoms with Gasteiger partial charge in [-0.25, -0.2) is 4.39 Å². The lowest BCUT2D eigenvalue weighted by Crippen LogP contribution is -2.29. The minimum atomic E-state index is -0.623. The molecule has 0 amide bonds. The van der Waals surface area contributed by atoms with E-state index >= 15 is 0 Å². The van der Waals surface area contributed by atoms with Crippen LogP contribution < -0.4 is 9.47 Å². The van der Waals surface area contributed by atoms with Crippen molar-refractivity contribution in [1.29, 1.82) is 0 Å². The van der Waals surface area contributed by atoms with E-state index < -0.39 is 18.0 Å². The van der Waals surface area contributed by atoms with Crippen LogP contribution in [0.1, 0.15) is 45.7 Å². The number of methoxy groups -OCH3 is 1. The van der Waals surface area contributed by atoms with Crippen molar-refractivity contribution in [1.82, 2.24) is 0 Å². The molecule has 2 rings (SSSR count). The Morgan fingerprint density at radius 2 is 2.00 bits per heavy atom. The number of fused-ring (bicyclic) bond motifs is 1. The van der Waals surface area contributed by atoms with E-state index in [2.05, 4.69) is 19.9 Å². The monoisotopic (exact) mass is 320 g/mol. The molecule has 1 N–H and O–H groups in total. The van der Waals surface area contributed by atoms with Crippen LogP contribution in [0, 0.1) is 5.92 Å². The van der Waals surface area contributed by atoms with Crippen molar-refractivity contribution in [2.24, 2.45) is 5.92 Å². The van der Waals surface area contributed by atoms with Crippen LogP contribution in [-0.4, -0.2) is 24.4 Å². The molecule has 0 saturated heterocycles. The third-order valence-corrected chi connectivity index (χ3v) is 4.06. The second-order valence-corrected chi connectivity index (χ2v) is 6.70. The highest BCUT2D eigenvalue weighted by atomic mass is 19.1. The number of rotatable bonds is 4. The fourth-order valence-corrected chi connectivity index (χ4v) is 2.84. The molecule has 0 unspecified atom stereocenters. The second kappa shape index (κ2) is 6.36. The summed E-state index contributed by atoms with van der Waals surface area (Å²) in [6, 6.07) is 3.69. The van der Waals surface area contributed by atoms with Crippen molar-refractivity contribution >= 4 is 11.1 Å². The maximum absolute atomic E-state index is 13.9. The number of halogens is 1. The predicted molar refractivity (Wildman–Crippen MR) is 91.3 cm³/mol. The molecule has 0 radical (unpaired) electrons. The predicted octanol–water partition coefficient (Wildman–Crippen LogP) is 4.60. The second-order valence-electron chi connectivity index (χ2n) is 6.70. The molecule has 23 heavy (non-hydrogen) atoms. The molecule has 1 aliphatic rings. The smallest absolute Gasteiger partial charge is 0.131 e. The van der Waals surface area contributed by atoms with Gasteiger partial charge in [0.05, 0.1) is 13.7 Å². The van der Waals surface area contributed by atoms with Crippen LogP contribution in [0.5, 0.6) is 11.5 Å². The molecule has 0 atom stereocenters. The molecule has 0 spiro atoms. The first-order chi connectivity index (χ1) is 10.7. The van der Waals surface area contributed by atoms with Gasteiger partial charge >= 0.3 is 0 Å². The largest absolute Gasteiger partial charge is 0.496 e. The summed E-state index contributed by atoms with van der Waals surface area (Å²) in [6.45, 7) is 9.28. The van der Waals surface area contributed by atoms with Crippen LogP contribution in [0.15, 0.2) is 24.0 Å². The number of aliphatic hydroxyl groups excluding tert-OH is 1. The van der Waals surface area contributed by atoms with Crippen LogP contribution >= 0.6 is 0 Å². The van der Waals surface area contributed by atoms with Crippen molar-refractivity contribution in [3.63, 3.8) is 0 Å². The van der Waals surface area contributed by atoms with Crippen LogP contribution in [0.2, 0.25) is 0 Å². The van der Waals surface area contributed by atoms with Gasteiger partial charge in [0.15, 0.2) is 0 Å². The van der Waals surface area contributed by atoms with E-state index in [4.69, 9.17) is 14.6 Å². The summed E-state index contributed by atoms with van der Waals surface area (Å²) in [5.74, 6) is 1.02. The fourth-order valence-electron chi connectivity index (χ4n) is 2.84. The highest BCUT2D eigenvalue weighted by Gasteiger charge is 2.29. The third kappa shape index (κ3) is 3.42. The number of hydrogen-bond acceptors (Lipinski definition) is 3. The lowest BCUT2D eigenvalue weighted by Gasteiger charge is -2.33. The van der Waals surface area contributed by atoms with Gasteiger partial charge in [-0.15, -0.1) is 0 Å². The van der Waals surface area contributed by atoms with Gasteiger partial charge in [0, 0.05) is 17.2 Å². The van der Waals surface area contributed by atoms with Gasteiger partial charge in [-0.05, 0) is 50.0 Å². The molecule has 1 heterocycles. The zero-order valence-electron chi connectivity index (χ0n) is 14.7. The zero-order chi connectivity index (χ0) is 17.4. The summed E-state index contributed by atoms with van der Waals surface area (Å²) in [7, 11) is 1.54. The lowest BCUT2D eigenvalue weighted by molar-refractivity contribution is 0.156. The Bertz CT molecular complexity index is 669. The van der Waals surface area contributed by atoms with Gasteiger partial charge < -0.3 is 14.6 Å². The van der Waals surface area contributed by atoms with Crippen LogP contribution in [0.4, 0.5) is 4.39 Å². The maximum Gasteiger partial charge on any atom is 0.131 e. The summed E-state index contributed by atoms with van der Waals surface area (Å²) in [5, 5.41) is 9.07. The van der Waals surface area contributed by atoms with Gasteiger partial charge in [-0.2, -0.15) is 0 Å². The Labute approximate surface area is 137 Å². The van der Waals surface area contributed by atoms with Crippen molar-refractivity contribution in [3.05, 3.63) is 35.2 Å². The van der Waals surface area contributed by atoms with Gasteiger partial charge in [0.2, 0.25) is 0 Å². The Balaban J connectivity index is 2.71. The summed E-state index contributed by atoms with van der Waals surface area (Å²) in [6.07, 6.45) is 2.11. The van der Waals surface area contributed by atoms with E-state index in [1.807, 2.05) is 19.9 Å². The Morgan fingerprint density at radius 3 is 2.52 bits per heavy atom. The SMILES string of the molecule is COc1cc2c(cc1C(C)=C(F)CO)C(C(C)C)=CC(C)(C)O2. The van der Waals surface area contributed by atoms with Gasteiger partial charge in [0.25, 0.3) is 0 Å². The van der Waals surface area contributed by atoms with E-state index in [0.717, 1.165) is 16.9 Å². The Morgan fingerprint density at radius 1 is 1.35 bits per heavy atom. The van der Waals surface area contributed by atoms with Crippen LogP contribution in [0.25, 0.3) is 11.1 Å². The molecule has 0 aromatic heterocycles. The average molecular weight is 320 g/mol. The quantitative estimate of drug-likeness (QED) is 0.881. The normalized spacial score (nSPS) is 17.2. The molecule has 0 fully saturated rings. The standard InChI is InChI=1S/C19H25FO3/c1-11(2)15-9-19(4,5)23-18-8-17(22-6)13(7-14(15)18)12(3)16(20)10-21/h7-9,11,21H,10H2,1-6H3. The number of aliphatic hydroxyl groups is 1. The van der Waals surface area contributed by atoms with Crippen LogP contribution in [-0.2, 0) is 0 Å². The van der Waals surface area contributed by atoms with Crippen molar-refractivity contribution < 1.29 is 19.0 Å². The fraction of sp³-hybridized carbons (Fsp3) is 0.474. The van der Waals surface area contributed by atoms with E-state index in [9.17, 15) is 4.39 Å². The number of ether oxygens (including phenoxy) is 2. The molecule has 1 aromatic rings. The molecule has 1 aliphatic heterocycles. The minimum absolute atomic E-state index is 0.310. The zero-order valence-corrected chi connectivity index (χ0v) is 14.7. The molecule has 126 valence electrons. The number of allylic oxidation sites excluding steroid dienone is 2. The first-order valence-electron chi connectivity index (χ1n) is 7.80. The molecule has 0 bridgehead atoms. The van der Waals surface area contributed by atoms with Crippen molar-refractivity contribution in [3.8, 4) is 11.5 Å². The number of benzene rings is 1. The lowest BCUT2D eigenvalue weighted by atomic mass is 9.86. The Kier molecular flexibility index (Phi) is 4.85. The third-order valence-electron chi connectivity index (χ3n) is 4.06. The molecular weight excluding hydrogens is 295 g/mol. The summed E-state index contributed by atoms with van der Waals surface area (Å²) in [4.78, 5) is 0. The molecule has 0 saturated carbocycles. The molecule has 4 heteroatoms. The maximum atomic E-state index is 13.9. The molecular formula is C19H25FO3. The molecule has 0 aliphatic carbocycles. The average Bonchev–Trinajstić information content (AvgIpc) is 2.50. The summed E-state index contributed by atoms with van der Waals surface area (Å²) < 4.78 is 25.3. The first kappa shape index (κ1) is 17.5. The molecule has 3 nitrogen and oxygen atoms in total. The van der Waals surface area contributed by atoms with Gasteiger partial charge in [-0.3, -0.25) is 0 Å². The van der Waals surface area contributed by atoms with Gasteiger partial charge in [0.1, 0.15) is 22.9 Å². The Hall–Kier alpha value is -1.81. The number of hydrogen-bond donors (Lipinski definition) is 1. The summed E-state index contributed by atoms with van der Waals surface area (Å²) in [5.41, 5.74) is 2.71. The van der Waals surface area contributed by atoms with E-state index in [1.165, 1.54) is 0 Å². The topological polar surface area (TPSA) is 38.7 Å². The van der Waals surface area contributed by atoms with Crippen LogP contribution in [0.3, 0.4) is 0 Å². The highest BCUT2D eigenvalue weighted by molar-refractivity contribution is 5.81. The van der Waals surface area contributed by atoms with Gasteiger partial charge in [-0.1, -0.05) is 13.8 Å². The summed E-state index contributed by atoms with van der Waals surface area (Å²) >= 11 is 0. The van der Waals surface area contributed by atoms with E-state index in [0.29, 0.717) is 22.8 Å². The van der Waals surface area contributed by atoms with Crippen molar-refractivity contribution in [2.45, 2.75) is 40.2 Å². The van der Waals surface area contributed by atoms with E-state index in [1.54, 1.807) is 20.1 Å². The van der Waals surface area contributed by atoms with Crippen molar-refractivity contribution in [2.75, 3.05) is 13.7 Å².